The molecule has 3 N–H and O–H groups in total. The minimum atomic E-state index is -1.26. The summed E-state index contributed by atoms with van der Waals surface area (Å²) in [6, 6.07) is 11.8. The first-order valence-corrected chi connectivity index (χ1v) is 8.58. The largest absolute Gasteiger partial charge is 0.480 e. The third-order valence-electron chi connectivity index (χ3n) is 3.39. The lowest BCUT2D eigenvalue weighted by Crippen LogP contribution is -2.37. The Labute approximate surface area is 167 Å². The van der Waals surface area contributed by atoms with Crippen LogP contribution in [0.4, 0.5) is 5.69 Å². The summed E-state index contributed by atoms with van der Waals surface area (Å²) in [5.74, 6) is -2.71. The van der Waals surface area contributed by atoms with Gasteiger partial charge in [-0.1, -0.05) is 28.1 Å². The van der Waals surface area contributed by atoms with E-state index in [0.717, 1.165) is 4.47 Å². The van der Waals surface area contributed by atoms with Crippen molar-refractivity contribution in [2.75, 3.05) is 6.54 Å². The van der Waals surface area contributed by atoms with Gasteiger partial charge in [-0.15, -0.1) is 0 Å². The number of nitrogens with one attached hydrogen (secondary N) is 2. The molecule has 2 rings (SSSR count). The predicted molar refractivity (Wildman–Crippen MR) is 103 cm³/mol. The average molecular weight is 448 g/mol. The van der Waals surface area contributed by atoms with Crippen LogP contribution >= 0.6 is 15.9 Å². The van der Waals surface area contributed by atoms with Crippen LogP contribution in [0.2, 0.25) is 0 Å². The average Bonchev–Trinajstić information content (AvgIpc) is 2.66. The Bertz CT molecular complexity index is 956. The number of nitro benzene ring substituents is 1. The fourth-order valence-corrected chi connectivity index (χ4v) is 2.36. The van der Waals surface area contributed by atoms with Gasteiger partial charge < -0.3 is 15.7 Å². The molecule has 0 atom stereocenters. The summed E-state index contributed by atoms with van der Waals surface area (Å²) in [6.07, 6.45) is 1.22. The van der Waals surface area contributed by atoms with Crippen molar-refractivity contribution in [3.05, 3.63) is 79.9 Å². The molecule has 144 valence electrons. The quantitative estimate of drug-likeness (QED) is 0.338. The molecule has 0 aliphatic rings. The van der Waals surface area contributed by atoms with Gasteiger partial charge >= 0.3 is 5.97 Å². The first-order valence-electron chi connectivity index (χ1n) is 7.79. The summed E-state index contributed by atoms with van der Waals surface area (Å²) < 4.78 is 0.760. The molecule has 0 aliphatic heterocycles. The van der Waals surface area contributed by atoms with E-state index in [0.29, 0.717) is 0 Å². The molecule has 28 heavy (non-hydrogen) atoms. The summed E-state index contributed by atoms with van der Waals surface area (Å²) in [5.41, 5.74) is 0.0953. The Morgan fingerprint density at radius 3 is 2.43 bits per heavy atom. The molecular formula is C18H14BrN3O6. The fraction of sp³-hybridized carbons (Fsp3) is 0.0556. The van der Waals surface area contributed by atoms with Crippen molar-refractivity contribution < 1.29 is 24.4 Å². The highest BCUT2D eigenvalue weighted by Crippen LogP contribution is 2.16. The summed E-state index contributed by atoms with van der Waals surface area (Å²) in [5, 5.41) is 24.2. The van der Waals surface area contributed by atoms with Crippen LogP contribution in [-0.4, -0.2) is 34.4 Å². The zero-order valence-corrected chi connectivity index (χ0v) is 15.8. The molecule has 0 spiro atoms. The molecule has 2 aromatic carbocycles. The maximum absolute atomic E-state index is 12.4. The van der Waals surface area contributed by atoms with Crippen molar-refractivity contribution >= 4 is 45.5 Å². The van der Waals surface area contributed by atoms with Crippen LogP contribution in [0.1, 0.15) is 15.9 Å². The van der Waals surface area contributed by atoms with Crippen molar-refractivity contribution in [2.24, 2.45) is 0 Å². The number of hydrogen-bond acceptors (Lipinski definition) is 5. The van der Waals surface area contributed by atoms with Crippen molar-refractivity contribution in [2.45, 2.75) is 0 Å². The maximum atomic E-state index is 12.4. The number of carbonyl (C=O) groups excluding carboxylic acids is 2. The number of rotatable bonds is 7. The SMILES string of the molecule is O=C(O)CNC(=O)/C(=C/c1cccc([N+](=O)[O-])c1)NC(=O)c1ccc(Br)cc1. The highest BCUT2D eigenvalue weighted by atomic mass is 79.9. The van der Waals surface area contributed by atoms with Gasteiger partial charge in [0.25, 0.3) is 17.5 Å². The van der Waals surface area contributed by atoms with Gasteiger partial charge in [0.15, 0.2) is 0 Å². The van der Waals surface area contributed by atoms with Crippen molar-refractivity contribution in [3.63, 3.8) is 0 Å². The standard InChI is InChI=1S/C18H14BrN3O6/c19-13-6-4-12(5-7-13)17(25)21-15(18(26)20-10-16(23)24)9-11-2-1-3-14(8-11)22(27)28/h1-9H,10H2,(H,20,26)(H,21,25)(H,23,24)/b15-9-. The van der Waals surface area contributed by atoms with Gasteiger partial charge in [0.2, 0.25) is 0 Å². The van der Waals surface area contributed by atoms with Gasteiger partial charge in [-0.05, 0) is 35.9 Å². The predicted octanol–water partition coefficient (Wildman–Crippen LogP) is 2.33. The number of non-ortho nitro benzene ring substituents is 1. The van der Waals surface area contributed by atoms with Crippen LogP contribution in [-0.2, 0) is 9.59 Å². The van der Waals surface area contributed by atoms with E-state index < -0.39 is 29.3 Å². The smallest absolute Gasteiger partial charge is 0.322 e. The van der Waals surface area contributed by atoms with E-state index in [9.17, 15) is 24.5 Å². The van der Waals surface area contributed by atoms with E-state index in [1.165, 1.54) is 42.5 Å². The Hall–Kier alpha value is -3.53. The zero-order valence-electron chi connectivity index (χ0n) is 14.2. The first-order chi connectivity index (χ1) is 13.3. The van der Waals surface area contributed by atoms with E-state index in [1.54, 1.807) is 12.1 Å². The number of amides is 2. The summed E-state index contributed by atoms with van der Waals surface area (Å²) in [4.78, 5) is 45.7. The van der Waals surface area contributed by atoms with Gasteiger partial charge in [-0.3, -0.25) is 24.5 Å². The van der Waals surface area contributed by atoms with E-state index in [-0.39, 0.29) is 22.5 Å². The molecule has 0 aromatic heterocycles. The molecule has 0 unspecified atom stereocenters. The van der Waals surface area contributed by atoms with Gasteiger partial charge in [0.05, 0.1) is 4.92 Å². The minimum Gasteiger partial charge on any atom is -0.480 e. The molecule has 9 nitrogen and oxygen atoms in total. The molecule has 10 heteroatoms. The van der Waals surface area contributed by atoms with Crippen molar-refractivity contribution in [3.8, 4) is 0 Å². The number of halogens is 1. The number of benzene rings is 2. The zero-order chi connectivity index (χ0) is 20.7. The maximum Gasteiger partial charge on any atom is 0.322 e. The van der Waals surface area contributed by atoms with Gasteiger partial charge in [-0.2, -0.15) is 0 Å². The molecule has 2 aromatic rings. The number of nitrogens with zero attached hydrogens (tertiary/aromatic N) is 1. The third kappa shape index (κ3) is 6.02. The Balaban J connectivity index is 2.33. The minimum absolute atomic E-state index is 0.196. The number of carboxylic acids is 1. The first kappa shape index (κ1) is 20.8. The normalized spacial score (nSPS) is 10.8. The number of carbonyl (C=O) groups is 3. The number of carboxylic acid groups (broad SMARTS) is 1. The molecular weight excluding hydrogens is 434 g/mol. The number of hydrogen-bond donors (Lipinski definition) is 3. The number of aliphatic carboxylic acids is 1. The van der Waals surface area contributed by atoms with Crippen molar-refractivity contribution in [1.29, 1.82) is 0 Å². The Morgan fingerprint density at radius 1 is 1.14 bits per heavy atom. The molecule has 2 amide bonds. The lowest BCUT2D eigenvalue weighted by atomic mass is 10.1. The van der Waals surface area contributed by atoms with Gasteiger partial charge in [0.1, 0.15) is 12.2 Å². The molecule has 0 heterocycles. The topological polar surface area (TPSA) is 139 Å². The van der Waals surface area contributed by atoms with Crippen molar-refractivity contribution in [1.82, 2.24) is 10.6 Å². The lowest BCUT2D eigenvalue weighted by Gasteiger charge is -2.10. The molecule has 0 fully saturated rings. The molecule has 0 bridgehead atoms. The van der Waals surface area contributed by atoms with Gasteiger partial charge in [0, 0.05) is 22.2 Å². The van der Waals surface area contributed by atoms with E-state index in [1.807, 2.05) is 0 Å². The Morgan fingerprint density at radius 2 is 1.82 bits per heavy atom. The second kappa shape index (κ2) is 9.42. The lowest BCUT2D eigenvalue weighted by molar-refractivity contribution is -0.384. The molecule has 0 saturated heterocycles. The summed E-state index contributed by atoms with van der Waals surface area (Å²) >= 11 is 3.25. The monoisotopic (exact) mass is 447 g/mol. The van der Waals surface area contributed by atoms with E-state index >= 15 is 0 Å². The van der Waals surface area contributed by atoms with Gasteiger partial charge in [-0.25, -0.2) is 0 Å². The molecule has 0 aliphatic carbocycles. The van der Waals surface area contributed by atoms with Crippen LogP contribution in [0.25, 0.3) is 6.08 Å². The second-order valence-corrected chi connectivity index (χ2v) is 6.36. The fourth-order valence-electron chi connectivity index (χ4n) is 2.10. The highest BCUT2D eigenvalue weighted by molar-refractivity contribution is 9.10. The third-order valence-corrected chi connectivity index (χ3v) is 3.92. The molecule has 0 radical (unpaired) electrons. The van der Waals surface area contributed by atoms with E-state index in [2.05, 4.69) is 26.6 Å². The highest BCUT2D eigenvalue weighted by Gasteiger charge is 2.16. The number of nitro groups is 1. The molecule has 0 saturated carbocycles. The summed E-state index contributed by atoms with van der Waals surface area (Å²) in [6.45, 7) is -0.654. The van der Waals surface area contributed by atoms with Crippen LogP contribution in [0.15, 0.2) is 58.7 Å². The van der Waals surface area contributed by atoms with Crippen LogP contribution in [0, 0.1) is 10.1 Å². The summed E-state index contributed by atoms with van der Waals surface area (Å²) in [7, 11) is 0. The van der Waals surface area contributed by atoms with Crippen LogP contribution in [0.5, 0.6) is 0 Å². The second-order valence-electron chi connectivity index (χ2n) is 5.45. The van der Waals surface area contributed by atoms with Crippen LogP contribution in [0.3, 0.4) is 0 Å². The van der Waals surface area contributed by atoms with E-state index in [4.69, 9.17) is 5.11 Å². The van der Waals surface area contributed by atoms with Crippen LogP contribution < -0.4 is 10.6 Å². The Kier molecular flexibility index (Phi) is 6.99.